The van der Waals surface area contributed by atoms with Gasteiger partial charge in [0, 0.05) is 39.2 Å². The number of rotatable bonds is 7. The monoisotopic (exact) mass is 1060 g/mol. The molecule has 83 heavy (non-hydrogen) atoms. The number of ether oxygens (including phenoxy) is 2. The first-order valence-corrected chi connectivity index (χ1v) is 28.6. The van der Waals surface area contributed by atoms with Gasteiger partial charge in [-0.15, -0.1) is 0 Å². The molecule has 0 saturated carbocycles. The van der Waals surface area contributed by atoms with Gasteiger partial charge in [-0.1, -0.05) is 237 Å². The van der Waals surface area contributed by atoms with E-state index in [1.54, 1.807) is 0 Å². The van der Waals surface area contributed by atoms with E-state index in [9.17, 15) is 0 Å². The molecule has 17 rings (SSSR count). The molecule has 388 valence electrons. The minimum atomic E-state index is -0.578. The lowest BCUT2D eigenvalue weighted by molar-refractivity contribution is 0.436. The van der Waals surface area contributed by atoms with Crippen molar-refractivity contribution in [1.82, 2.24) is 0 Å². The highest BCUT2D eigenvalue weighted by molar-refractivity contribution is 5.96. The smallest absolute Gasteiger partial charge is 0.132 e. The maximum absolute atomic E-state index is 6.71. The van der Waals surface area contributed by atoms with Crippen LogP contribution in [0.5, 0.6) is 23.0 Å². The van der Waals surface area contributed by atoms with Crippen molar-refractivity contribution < 1.29 is 9.47 Å². The first-order valence-electron chi connectivity index (χ1n) is 28.6. The molecule has 3 heteroatoms. The zero-order chi connectivity index (χ0) is 54.6. The van der Waals surface area contributed by atoms with E-state index < -0.39 is 10.8 Å². The van der Waals surface area contributed by atoms with Crippen molar-refractivity contribution in [2.24, 2.45) is 0 Å². The summed E-state index contributed by atoms with van der Waals surface area (Å²) >= 11 is 0. The van der Waals surface area contributed by atoms with Gasteiger partial charge >= 0.3 is 0 Å². The molecule has 0 radical (unpaired) electrons. The van der Waals surface area contributed by atoms with Crippen molar-refractivity contribution in [3.63, 3.8) is 0 Å². The second-order valence-corrected chi connectivity index (χ2v) is 22.2. The highest BCUT2D eigenvalue weighted by atomic mass is 16.5. The fourth-order valence-electron chi connectivity index (χ4n) is 14.5. The number of anilines is 3. The van der Waals surface area contributed by atoms with Crippen molar-refractivity contribution in [2.45, 2.75) is 10.8 Å². The highest BCUT2D eigenvalue weighted by Crippen LogP contribution is 2.64. The summed E-state index contributed by atoms with van der Waals surface area (Å²) in [6.07, 6.45) is 0. The van der Waals surface area contributed by atoms with Gasteiger partial charge in [0.2, 0.25) is 0 Å². The molecular weight excluding hydrogens is 1010 g/mol. The molecule has 0 bridgehead atoms. The van der Waals surface area contributed by atoms with Crippen LogP contribution in [-0.2, 0) is 10.8 Å². The van der Waals surface area contributed by atoms with Gasteiger partial charge < -0.3 is 14.4 Å². The molecule has 0 amide bonds. The Hall–Kier alpha value is -10.7. The van der Waals surface area contributed by atoms with Crippen LogP contribution in [0.15, 0.2) is 309 Å². The van der Waals surface area contributed by atoms with Gasteiger partial charge in [0.25, 0.3) is 0 Å². The van der Waals surface area contributed by atoms with E-state index in [4.69, 9.17) is 9.47 Å². The van der Waals surface area contributed by atoms with Gasteiger partial charge in [-0.25, -0.2) is 0 Å². The minimum Gasteiger partial charge on any atom is -0.457 e. The number of benzene rings is 13. The Morgan fingerprint density at radius 2 is 0.602 bits per heavy atom. The van der Waals surface area contributed by atoms with Gasteiger partial charge in [-0.2, -0.15) is 0 Å². The normalized spacial score (nSPS) is 13.7. The van der Waals surface area contributed by atoms with Crippen LogP contribution < -0.4 is 14.4 Å². The molecule has 13 aromatic rings. The van der Waals surface area contributed by atoms with Gasteiger partial charge in [0.15, 0.2) is 0 Å². The lowest BCUT2D eigenvalue weighted by Crippen LogP contribution is -2.32. The number of nitrogens with zero attached hydrogens (tertiary/aromatic N) is 1. The molecule has 2 aliphatic heterocycles. The van der Waals surface area contributed by atoms with E-state index in [1.165, 1.54) is 61.2 Å². The molecule has 0 unspecified atom stereocenters. The van der Waals surface area contributed by atoms with Crippen molar-refractivity contribution in [2.75, 3.05) is 4.90 Å². The van der Waals surface area contributed by atoms with Gasteiger partial charge in [0.05, 0.1) is 16.5 Å². The van der Waals surface area contributed by atoms with Crippen molar-refractivity contribution in [3.8, 4) is 89.8 Å². The third kappa shape index (κ3) is 6.92. The van der Waals surface area contributed by atoms with Crippen LogP contribution in [0.2, 0.25) is 0 Å². The van der Waals surface area contributed by atoms with Crippen LogP contribution in [-0.4, -0.2) is 0 Å². The Morgan fingerprint density at radius 3 is 1.20 bits per heavy atom. The molecule has 2 aliphatic carbocycles. The predicted octanol–water partition coefficient (Wildman–Crippen LogP) is 20.8. The highest BCUT2D eigenvalue weighted by Gasteiger charge is 2.52. The molecule has 0 N–H and O–H groups in total. The molecule has 0 saturated heterocycles. The summed E-state index contributed by atoms with van der Waals surface area (Å²) in [7, 11) is 0. The molecule has 2 heterocycles. The number of fused-ring (bicyclic) bond motifs is 18. The summed E-state index contributed by atoms with van der Waals surface area (Å²) in [6.45, 7) is 0. The topological polar surface area (TPSA) is 21.7 Å². The van der Waals surface area contributed by atoms with Crippen molar-refractivity contribution in [1.29, 1.82) is 0 Å². The van der Waals surface area contributed by atoms with Crippen LogP contribution in [0.3, 0.4) is 0 Å². The van der Waals surface area contributed by atoms with Gasteiger partial charge in [-0.05, 0) is 156 Å². The van der Waals surface area contributed by atoms with Gasteiger partial charge in [-0.3, -0.25) is 0 Å². The van der Waals surface area contributed by atoms with E-state index in [1.807, 2.05) is 0 Å². The summed E-state index contributed by atoms with van der Waals surface area (Å²) < 4.78 is 13.4. The van der Waals surface area contributed by atoms with Crippen LogP contribution in [0.1, 0.15) is 44.5 Å². The van der Waals surface area contributed by atoms with Crippen LogP contribution in [0, 0.1) is 0 Å². The Bertz CT molecular complexity index is 4670. The Kier molecular flexibility index (Phi) is 10.4. The van der Waals surface area contributed by atoms with Crippen LogP contribution in [0.4, 0.5) is 17.1 Å². The van der Waals surface area contributed by atoms with E-state index >= 15 is 0 Å². The largest absolute Gasteiger partial charge is 0.457 e. The second-order valence-electron chi connectivity index (χ2n) is 22.2. The summed E-state index contributed by atoms with van der Waals surface area (Å²) in [5.41, 5.74) is 25.9. The maximum Gasteiger partial charge on any atom is 0.132 e. The molecule has 4 aliphatic rings. The molecule has 2 spiro atoms. The third-order valence-corrected chi connectivity index (χ3v) is 18.0. The Labute approximate surface area is 483 Å². The SMILES string of the molecule is c1ccc(-c2cccc(-c3ccc(N(c4cccc(-c5ccc6c(c5)C5(c7ccccc7Oc7ccccc75)c5ccccc5-6)c4)c4ccccc4-c4ccc5c(c4)-c4ccccc4C54c5ccccc5Oc5ccccc54)cc3)c2)cc1. The van der Waals surface area contributed by atoms with Crippen molar-refractivity contribution in [3.05, 3.63) is 354 Å². The van der Waals surface area contributed by atoms with Gasteiger partial charge in [0.1, 0.15) is 23.0 Å². The first kappa shape index (κ1) is 47.1. The van der Waals surface area contributed by atoms with Crippen LogP contribution in [0.25, 0.3) is 66.8 Å². The quantitative estimate of drug-likeness (QED) is 0.159. The van der Waals surface area contributed by atoms with E-state index in [0.717, 1.165) is 90.1 Å². The van der Waals surface area contributed by atoms with E-state index in [2.05, 4.69) is 314 Å². The first-order chi connectivity index (χ1) is 41.1. The number of hydrogen-bond acceptors (Lipinski definition) is 3. The average molecular weight is 1060 g/mol. The fourth-order valence-corrected chi connectivity index (χ4v) is 14.5. The molecule has 3 nitrogen and oxygen atoms in total. The molecular formula is C80H51NO2. The summed E-state index contributed by atoms with van der Waals surface area (Å²) in [5.74, 6) is 3.55. The zero-order valence-corrected chi connectivity index (χ0v) is 45.2. The minimum absolute atomic E-state index is 0.554. The molecule has 0 fully saturated rings. The molecule has 0 atom stereocenters. The van der Waals surface area contributed by atoms with Crippen molar-refractivity contribution >= 4 is 17.1 Å². The summed E-state index contributed by atoms with van der Waals surface area (Å²) in [4.78, 5) is 2.45. The fraction of sp³-hybridized carbons (Fsp3) is 0.0250. The molecule has 0 aromatic heterocycles. The molecule has 13 aromatic carbocycles. The Morgan fingerprint density at radius 1 is 0.205 bits per heavy atom. The lowest BCUT2D eigenvalue weighted by Gasteiger charge is -2.39. The Balaban J connectivity index is 0.836. The predicted molar refractivity (Wildman–Crippen MR) is 338 cm³/mol. The lowest BCUT2D eigenvalue weighted by atomic mass is 9.66. The summed E-state index contributed by atoms with van der Waals surface area (Å²) in [6, 6.07) is 113. The van der Waals surface area contributed by atoms with E-state index in [0.29, 0.717) is 0 Å². The number of hydrogen-bond donors (Lipinski definition) is 0. The maximum atomic E-state index is 6.71. The van der Waals surface area contributed by atoms with Crippen LogP contribution >= 0.6 is 0 Å². The standard InChI is InChI=1S/C80H51NO2/c1-2-20-52(21-3-1)54-22-18-23-55(48-54)53-40-44-59(45-41-53)81(60-25-19-24-56(49-60)57-42-46-64-62-27-4-7-29-66(62)80(73(64)51-57)71-33-11-16-38-77(71)83-78-39-17-12-34-72(78)80)74-35-13-6-26-61(74)58-43-47-68-65(50-58)63-28-5-8-30-67(63)79(68)69-31-9-14-36-75(69)82-76-37-15-10-32-70(76)79/h1-51H. The summed E-state index contributed by atoms with van der Waals surface area (Å²) in [5, 5.41) is 0. The average Bonchev–Trinajstić information content (AvgIpc) is 2.04. The van der Waals surface area contributed by atoms with E-state index in [-0.39, 0.29) is 0 Å². The third-order valence-electron chi connectivity index (χ3n) is 18.0. The zero-order valence-electron chi connectivity index (χ0n) is 45.2. The number of para-hydroxylation sites is 5. The second kappa shape index (κ2) is 18.4.